The van der Waals surface area contributed by atoms with Crippen molar-refractivity contribution in [2.45, 2.75) is 0 Å². The van der Waals surface area contributed by atoms with E-state index in [0.29, 0.717) is 19.9 Å². The van der Waals surface area contributed by atoms with Gasteiger partial charge in [-0.25, -0.2) is 5.06 Å². The summed E-state index contributed by atoms with van der Waals surface area (Å²) in [5.41, 5.74) is 0. The van der Waals surface area contributed by atoms with Crippen molar-refractivity contribution in [2.75, 3.05) is 27.0 Å². The van der Waals surface area contributed by atoms with E-state index in [4.69, 9.17) is 9.57 Å². The van der Waals surface area contributed by atoms with Crippen molar-refractivity contribution in [3.63, 3.8) is 0 Å². The predicted molar refractivity (Wildman–Crippen MR) is 42.2 cm³/mol. The number of aliphatic imine (C=N–C) groups is 1. The molecule has 1 aliphatic rings. The molecule has 0 amide bonds. The van der Waals surface area contributed by atoms with Crippen LogP contribution in [0.5, 0.6) is 0 Å². The number of hydrogen-bond acceptors (Lipinski definition) is 4. The van der Waals surface area contributed by atoms with Crippen molar-refractivity contribution in [3.8, 4) is 0 Å². The van der Waals surface area contributed by atoms with Gasteiger partial charge in [-0.2, -0.15) is 0 Å². The fraction of sp³-hybridized carbons (Fsp3) is 0.571. The second-order valence-electron chi connectivity index (χ2n) is 2.06. The fourth-order valence-electron chi connectivity index (χ4n) is 0.692. The minimum atomic E-state index is 0.566. The lowest BCUT2D eigenvalue weighted by atomic mass is 10.6. The first-order chi connectivity index (χ1) is 5.43. The Hall–Kier alpha value is -0.870. The van der Waals surface area contributed by atoms with E-state index in [1.807, 2.05) is 12.3 Å². The third-order valence-corrected chi connectivity index (χ3v) is 1.21. The summed E-state index contributed by atoms with van der Waals surface area (Å²) in [4.78, 5) is 9.22. The number of hydrogen-bond donors (Lipinski definition) is 0. The molecule has 0 radical (unpaired) electrons. The summed E-state index contributed by atoms with van der Waals surface area (Å²) in [5.74, 6) is 0. The number of ether oxygens (including phenoxy) is 1. The Labute approximate surface area is 66.1 Å². The number of rotatable bonds is 4. The minimum Gasteiger partial charge on any atom is -0.382 e. The van der Waals surface area contributed by atoms with Gasteiger partial charge in [0.25, 0.3) is 0 Å². The van der Waals surface area contributed by atoms with Crippen LogP contribution in [0.25, 0.3) is 0 Å². The molecule has 0 spiro atoms. The standard InChI is InChI=1S/C7H12N2O2/c1-10-5-6-11-9-4-2-3-8-7-9/h2-4H,5-7H2,1H3. The van der Waals surface area contributed by atoms with E-state index in [2.05, 4.69) is 4.99 Å². The number of hydroxylamine groups is 2. The highest BCUT2D eigenvalue weighted by Gasteiger charge is 1.98. The highest BCUT2D eigenvalue weighted by Crippen LogP contribution is 1.95. The van der Waals surface area contributed by atoms with Crippen LogP contribution in [0.4, 0.5) is 0 Å². The van der Waals surface area contributed by atoms with Crippen LogP contribution in [0.1, 0.15) is 0 Å². The molecule has 0 aromatic heterocycles. The van der Waals surface area contributed by atoms with Gasteiger partial charge < -0.3 is 4.74 Å². The Morgan fingerprint density at radius 1 is 1.55 bits per heavy atom. The molecule has 4 heteroatoms. The van der Waals surface area contributed by atoms with Gasteiger partial charge >= 0.3 is 0 Å². The van der Waals surface area contributed by atoms with E-state index in [-0.39, 0.29) is 0 Å². The molecule has 4 nitrogen and oxygen atoms in total. The van der Waals surface area contributed by atoms with Gasteiger partial charge in [0.15, 0.2) is 0 Å². The normalized spacial score (nSPS) is 15.9. The van der Waals surface area contributed by atoms with Crippen LogP contribution in [0.2, 0.25) is 0 Å². The van der Waals surface area contributed by atoms with Crippen LogP contribution in [-0.4, -0.2) is 38.3 Å². The first-order valence-corrected chi connectivity index (χ1v) is 3.48. The molecule has 1 heterocycles. The van der Waals surface area contributed by atoms with Gasteiger partial charge in [0, 0.05) is 19.5 Å². The molecule has 0 fully saturated rings. The van der Waals surface area contributed by atoms with Gasteiger partial charge in [0.05, 0.1) is 13.2 Å². The van der Waals surface area contributed by atoms with Crippen LogP contribution in [0.15, 0.2) is 17.3 Å². The first kappa shape index (κ1) is 8.23. The molecule has 11 heavy (non-hydrogen) atoms. The van der Waals surface area contributed by atoms with Gasteiger partial charge in [-0.05, 0) is 6.08 Å². The Kier molecular flexibility index (Phi) is 3.64. The topological polar surface area (TPSA) is 34.1 Å². The molecule has 0 atom stereocenters. The fourth-order valence-corrected chi connectivity index (χ4v) is 0.692. The molecule has 1 aliphatic heterocycles. The van der Waals surface area contributed by atoms with E-state index in [9.17, 15) is 0 Å². The number of nitrogens with zero attached hydrogens (tertiary/aromatic N) is 2. The average molecular weight is 156 g/mol. The first-order valence-electron chi connectivity index (χ1n) is 3.48. The quantitative estimate of drug-likeness (QED) is 0.553. The molecular formula is C7H12N2O2. The summed E-state index contributed by atoms with van der Waals surface area (Å²) in [6, 6.07) is 0. The molecule has 0 bridgehead atoms. The molecular weight excluding hydrogens is 144 g/mol. The predicted octanol–water partition coefficient (Wildman–Crippen LogP) is 0.422. The molecule has 62 valence electrons. The van der Waals surface area contributed by atoms with Crippen LogP contribution in [0.3, 0.4) is 0 Å². The van der Waals surface area contributed by atoms with Gasteiger partial charge in [-0.15, -0.1) is 0 Å². The summed E-state index contributed by atoms with van der Waals surface area (Å²) in [7, 11) is 1.65. The van der Waals surface area contributed by atoms with E-state index in [1.54, 1.807) is 18.4 Å². The van der Waals surface area contributed by atoms with Crippen molar-refractivity contribution in [1.82, 2.24) is 5.06 Å². The molecule has 0 aromatic carbocycles. The molecule has 0 saturated heterocycles. The second kappa shape index (κ2) is 4.87. The van der Waals surface area contributed by atoms with Crippen LogP contribution in [-0.2, 0) is 9.57 Å². The Morgan fingerprint density at radius 3 is 3.09 bits per heavy atom. The highest BCUT2D eigenvalue weighted by atomic mass is 16.7. The molecule has 1 rings (SSSR count). The highest BCUT2D eigenvalue weighted by molar-refractivity contribution is 5.71. The van der Waals surface area contributed by atoms with Gasteiger partial charge in [0.1, 0.15) is 6.67 Å². The second-order valence-corrected chi connectivity index (χ2v) is 2.06. The summed E-state index contributed by atoms with van der Waals surface area (Å²) in [6.45, 7) is 1.74. The summed E-state index contributed by atoms with van der Waals surface area (Å²) in [5, 5.41) is 1.67. The minimum absolute atomic E-state index is 0.566. The van der Waals surface area contributed by atoms with Crippen molar-refractivity contribution in [2.24, 2.45) is 4.99 Å². The number of allylic oxidation sites excluding steroid dienone is 1. The monoisotopic (exact) mass is 156 g/mol. The van der Waals surface area contributed by atoms with Crippen LogP contribution >= 0.6 is 0 Å². The lowest BCUT2D eigenvalue weighted by Crippen LogP contribution is -2.22. The number of methoxy groups -OCH3 is 1. The van der Waals surface area contributed by atoms with Crippen molar-refractivity contribution < 1.29 is 9.57 Å². The third kappa shape index (κ3) is 3.15. The van der Waals surface area contributed by atoms with E-state index < -0.39 is 0 Å². The molecule has 0 N–H and O–H groups in total. The molecule has 0 aromatic rings. The maximum Gasteiger partial charge on any atom is 0.135 e. The zero-order chi connectivity index (χ0) is 7.94. The SMILES string of the molecule is COCCON1C=CC=NC1. The van der Waals surface area contributed by atoms with Gasteiger partial charge in [-0.1, -0.05) is 0 Å². The summed E-state index contributed by atoms with van der Waals surface area (Å²) >= 11 is 0. The summed E-state index contributed by atoms with van der Waals surface area (Å²) < 4.78 is 4.82. The average Bonchev–Trinajstić information content (AvgIpc) is 2.07. The van der Waals surface area contributed by atoms with Gasteiger partial charge in [0.2, 0.25) is 0 Å². The third-order valence-electron chi connectivity index (χ3n) is 1.21. The smallest absolute Gasteiger partial charge is 0.135 e. The Bertz CT molecular complexity index is 157. The van der Waals surface area contributed by atoms with E-state index >= 15 is 0 Å². The van der Waals surface area contributed by atoms with Crippen molar-refractivity contribution in [3.05, 3.63) is 12.3 Å². The van der Waals surface area contributed by atoms with Crippen LogP contribution < -0.4 is 0 Å². The van der Waals surface area contributed by atoms with Crippen molar-refractivity contribution in [1.29, 1.82) is 0 Å². The Morgan fingerprint density at radius 2 is 2.45 bits per heavy atom. The largest absolute Gasteiger partial charge is 0.382 e. The van der Waals surface area contributed by atoms with Crippen molar-refractivity contribution >= 4 is 6.21 Å². The zero-order valence-electron chi connectivity index (χ0n) is 6.56. The molecule has 0 saturated carbocycles. The molecule has 0 unspecified atom stereocenters. The van der Waals surface area contributed by atoms with Crippen LogP contribution in [0, 0.1) is 0 Å². The maximum atomic E-state index is 5.23. The van der Waals surface area contributed by atoms with Gasteiger partial charge in [-0.3, -0.25) is 9.83 Å². The lowest BCUT2D eigenvalue weighted by molar-refractivity contribution is -0.130. The lowest BCUT2D eigenvalue weighted by Gasteiger charge is -2.18. The van der Waals surface area contributed by atoms with E-state index in [0.717, 1.165) is 0 Å². The maximum absolute atomic E-state index is 5.23. The zero-order valence-corrected chi connectivity index (χ0v) is 6.56. The Balaban J connectivity index is 2.07. The van der Waals surface area contributed by atoms with E-state index in [1.165, 1.54) is 0 Å². The molecule has 0 aliphatic carbocycles. The summed E-state index contributed by atoms with van der Waals surface area (Å²) in [6.07, 6.45) is 5.41.